The third-order valence-electron chi connectivity index (χ3n) is 3.09. The van der Waals surface area contributed by atoms with Gasteiger partial charge in [-0.15, -0.1) is 0 Å². The Morgan fingerprint density at radius 2 is 2.00 bits per heavy atom. The van der Waals surface area contributed by atoms with Crippen molar-refractivity contribution in [2.24, 2.45) is 11.7 Å². The fraction of sp³-hybridized carbons (Fsp3) is 0.438. The lowest BCUT2D eigenvalue weighted by Crippen LogP contribution is -2.44. The van der Waals surface area contributed by atoms with Gasteiger partial charge in [-0.2, -0.15) is 0 Å². The zero-order valence-electron chi connectivity index (χ0n) is 12.5. The Bertz CT molecular complexity index is 440. The molecule has 4 nitrogen and oxygen atoms in total. The van der Waals surface area contributed by atoms with E-state index in [0.717, 1.165) is 11.3 Å². The van der Waals surface area contributed by atoms with E-state index in [1.807, 2.05) is 38.1 Å². The zero-order valence-corrected chi connectivity index (χ0v) is 12.5. The van der Waals surface area contributed by atoms with Crippen molar-refractivity contribution in [2.75, 3.05) is 13.7 Å². The molecule has 0 radical (unpaired) electrons. The van der Waals surface area contributed by atoms with Crippen molar-refractivity contribution < 1.29 is 9.53 Å². The van der Waals surface area contributed by atoms with E-state index in [2.05, 4.69) is 6.58 Å². The average molecular weight is 276 g/mol. The SMILES string of the molecule is C=CCOc1ccc(CN(C)C(=O)C(N)C(C)C)cc1. The first-order chi connectivity index (χ1) is 9.45. The van der Waals surface area contributed by atoms with Crippen molar-refractivity contribution in [1.29, 1.82) is 0 Å². The molecule has 1 rings (SSSR count). The maximum absolute atomic E-state index is 12.1. The van der Waals surface area contributed by atoms with Gasteiger partial charge < -0.3 is 15.4 Å². The van der Waals surface area contributed by atoms with Gasteiger partial charge in [0.1, 0.15) is 12.4 Å². The molecule has 20 heavy (non-hydrogen) atoms. The molecular formula is C16H24N2O2. The highest BCUT2D eigenvalue weighted by Crippen LogP contribution is 2.14. The smallest absolute Gasteiger partial charge is 0.239 e. The lowest BCUT2D eigenvalue weighted by molar-refractivity contribution is -0.132. The molecule has 0 bridgehead atoms. The Kier molecular flexibility index (Phi) is 6.25. The van der Waals surface area contributed by atoms with Gasteiger partial charge in [0.05, 0.1) is 6.04 Å². The topological polar surface area (TPSA) is 55.6 Å². The fourth-order valence-electron chi connectivity index (χ4n) is 1.74. The molecule has 0 aliphatic carbocycles. The van der Waals surface area contributed by atoms with Gasteiger partial charge in [-0.1, -0.05) is 38.6 Å². The molecule has 0 saturated heterocycles. The second-order valence-corrected chi connectivity index (χ2v) is 5.21. The van der Waals surface area contributed by atoms with E-state index in [4.69, 9.17) is 10.5 Å². The number of ether oxygens (including phenoxy) is 1. The minimum atomic E-state index is -0.449. The summed E-state index contributed by atoms with van der Waals surface area (Å²) in [5.74, 6) is 0.896. The maximum atomic E-state index is 12.1. The lowest BCUT2D eigenvalue weighted by atomic mass is 10.0. The molecule has 1 aromatic carbocycles. The highest BCUT2D eigenvalue weighted by molar-refractivity contribution is 5.81. The van der Waals surface area contributed by atoms with E-state index in [1.54, 1.807) is 18.0 Å². The molecule has 0 saturated carbocycles. The van der Waals surface area contributed by atoms with Gasteiger partial charge in [-0.05, 0) is 23.6 Å². The van der Waals surface area contributed by atoms with Crippen LogP contribution in [0.3, 0.4) is 0 Å². The predicted molar refractivity (Wildman–Crippen MR) is 81.4 cm³/mol. The van der Waals surface area contributed by atoms with Gasteiger partial charge in [0.25, 0.3) is 0 Å². The van der Waals surface area contributed by atoms with Crippen LogP contribution in [0.1, 0.15) is 19.4 Å². The van der Waals surface area contributed by atoms with Gasteiger partial charge in [-0.25, -0.2) is 0 Å². The lowest BCUT2D eigenvalue weighted by Gasteiger charge is -2.23. The Balaban J connectivity index is 2.59. The molecule has 0 heterocycles. The van der Waals surface area contributed by atoms with Crippen LogP contribution in [0.2, 0.25) is 0 Å². The summed E-state index contributed by atoms with van der Waals surface area (Å²) < 4.78 is 5.41. The number of likely N-dealkylation sites (N-methyl/N-ethyl adjacent to an activating group) is 1. The van der Waals surface area contributed by atoms with Crippen LogP contribution in [0.25, 0.3) is 0 Å². The van der Waals surface area contributed by atoms with E-state index >= 15 is 0 Å². The number of carbonyl (C=O) groups excluding carboxylic acids is 1. The molecule has 1 unspecified atom stereocenters. The summed E-state index contributed by atoms with van der Waals surface area (Å²) in [6.07, 6.45) is 1.70. The first kappa shape index (κ1) is 16.2. The van der Waals surface area contributed by atoms with Crippen molar-refractivity contribution in [3.8, 4) is 5.75 Å². The van der Waals surface area contributed by atoms with E-state index in [-0.39, 0.29) is 11.8 Å². The highest BCUT2D eigenvalue weighted by atomic mass is 16.5. The number of hydrogen-bond acceptors (Lipinski definition) is 3. The summed E-state index contributed by atoms with van der Waals surface area (Å²) in [5, 5.41) is 0. The summed E-state index contributed by atoms with van der Waals surface area (Å²) in [6, 6.07) is 7.22. The van der Waals surface area contributed by atoms with Crippen molar-refractivity contribution in [2.45, 2.75) is 26.4 Å². The van der Waals surface area contributed by atoms with Crippen LogP contribution in [0.5, 0.6) is 5.75 Å². The van der Waals surface area contributed by atoms with E-state index in [0.29, 0.717) is 13.2 Å². The van der Waals surface area contributed by atoms with Crippen molar-refractivity contribution in [3.63, 3.8) is 0 Å². The number of amides is 1. The van der Waals surface area contributed by atoms with Crippen LogP contribution in [-0.2, 0) is 11.3 Å². The minimum absolute atomic E-state index is 0.0352. The summed E-state index contributed by atoms with van der Waals surface area (Å²) in [6.45, 7) is 8.52. The third kappa shape index (κ3) is 4.70. The second-order valence-electron chi connectivity index (χ2n) is 5.21. The average Bonchev–Trinajstić information content (AvgIpc) is 2.44. The van der Waals surface area contributed by atoms with Crippen LogP contribution in [0, 0.1) is 5.92 Å². The summed E-state index contributed by atoms with van der Waals surface area (Å²) in [4.78, 5) is 13.7. The van der Waals surface area contributed by atoms with Gasteiger partial charge in [-0.3, -0.25) is 4.79 Å². The van der Waals surface area contributed by atoms with Crippen LogP contribution in [-0.4, -0.2) is 30.5 Å². The molecule has 1 aromatic rings. The second kappa shape index (κ2) is 7.70. The normalized spacial score (nSPS) is 12.1. The van der Waals surface area contributed by atoms with E-state index in [9.17, 15) is 4.79 Å². The zero-order chi connectivity index (χ0) is 15.1. The molecule has 2 N–H and O–H groups in total. The Labute approximate surface area is 121 Å². The largest absolute Gasteiger partial charge is 0.490 e. The number of rotatable bonds is 7. The molecule has 4 heteroatoms. The molecule has 0 aromatic heterocycles. The Morgan fingerprint density at radius 1 is 1.40 bits per heavy atom. The Hall–Kier alpha value is -1.81. The van der Waals surface area contributed by atoms with E-state index < -0.39 is 6.04 Å². The fourth-order valence-corrected chi connectivity index (χ4v) is 1.74. The third-order valence-corrected chi connectivity index (χ3v) is 3.09. The summed E-state index contributed by atoms with van der Waals surface area (Å²) in [7, 11) is 1.77. The van der Waals surface area contributed by atoms with Crippen molar-refractivity contribution in [3.05, 3.63) is 42.5 Å². The quantitative estimate of drug-likeness (QED) is 0.777. The summed E-state index contributed by atoms with van der Waals surface area (Å²) in [5.41, 5.74) is 6.92. The molecule has 0 fully saturated rings. The Morgan fingerprint density at radius 3 is 2.50 bits per heavy atom. The molecule has 0 aliphatic heterocycles. The molecule has 110 valence electrons. The maximum Gasteiger partial charge on any atom is 0.239 e. The number of hydrogen-bond donors (Lipinski definition) is 1. The number of carbonyl (C=O) groups is 1. The van der Waals surface area contributed by atoms with Gasteiger partial charge in [0.2, 0.25) is 5.91 Å². The van der Waals surface area contributed by atoms with Gasteiger partial charge in [0, 0.05) is 13.6 Å². The van der Waals surface area contributed by atoms with Gasteiger partial charge >= 0.3 is 0 Å². The standard InChI is InChI=1S/C16H24N2O2/c1-5-10-20-14-8-6-13(7-9-14)11-18(4)16(19)15(17)12(2)3/h5-9,12,15H,1,10-11,17H2,2-4H3. The minimum Gasteiger partial charge on any atom is -0.490 e. The first-order valence-electron chi connectivity index (χ1n) is 6.79. The van der Waals surface area contributed by atoms with Crippen molar-refractivity contribution in [1.82, 2.24) is 4.90 Å². The van der Waals surface area contributed by atoms with Crippen LogP contribution < -0.4 is 10.5 Å². The molecule has 0 aliphatic rings. The molecule has 0 spiro atoms. The number of benzene rings is 1. The molecule has 1 atom stereocenters. The van der Waals surface area contributed by atoms with Crippen LogP contribution in [0.4, 0.5) is 0 Å². The van der Waals surface area contributed by atoms with E-state index in [1.165, 1.54) is 0 Å². The first-order valence-corrected chi connectivity index (χ1v) is 6.79. The molecule has 1 amide bonds. The molecular weight excluding hydrogens is 252 g/mol. The van der Waals surface area contributed by atoms with Crippen molar-refractivity contribution >= 4 is 5.91 Å². The predicted octanol–water partition coefficient (Wildman–Crippen LogP) is 2.19. The highest BCUT2D eigenvalue weighted by Gasteiger charge is 2.20. The summed E-state index contributed by atoms with van der Waals surface area (Å²) >= 11 is 0. The number of nitrogens with two attached hydrogens (primary N) is 1. The number of nitrogens with zero attached hydrogens (tertiary/aromatic N) is 1. The monoisotopic (exact) mass is 276 g/mol. The van der Waals surface area contributed by atoms with Gasteiger partial charge in [0.15, 0.2) is 0 Å². The van der Waals surface area contributed by atoms with Crippen LogP contribution in [0.15, 0.2) is 36.9 Å². The van der Waals surface area contributed by atoms with Crippen LogP contribution >= 0.6 is 0 Å².